The lowest BCUT2D eigenvalue weighted by molar-refractivity contribution is -0.0497. The largest absolute Gasteiger partial charge is 0.0892 e. The molecule has 0 saturated heterocycles. The van der Waals surface area contributed by atoms with E-state index in [9.17, 15) is 0 Å². The molecule has 0 spiro atoms. The predicted octanol–water partition coefficient (Wildman–Crippen LogP) is 8.42. The van der Waals surface area contributed by atoms with Gasteiger partial charge in [0, 0.05) is 34.6 Å². The molecular weight excluding hydrogens is 468 g/mol. The van der Waals surface area contributed by atoms with Crippen LogP contribution in [0, 0.1) is 35.5 Å². The molecule has 0 nitrogen and oxygen atoms in total. The summed E-state index contributed by atoms with van der Waals surface area (Å²) >= 11 is 7.40. The molecule has 4 aromatic carbocycles. The van der Waals surface area contributed by atoms with Crippen molar-refractivity contribution < 1.29 is 0 Å². The van der Waals surface area contributed by atoms with Crippen LogP contribution in [0.1, 0.15) is 68.2 Å². The Bertz CT molecular complexity index is 1470. The van der Waals surface area contributed by atoms with Crippen molar-refractivity contribution in [1.29, 1.82) is 0 Å². The number of allylic oxidation sites excluding steroid dienone is 2. The van der Waals surface area contributed by atoms with Gasteiger partial charge in [-0.2, -0.15) is 0 Å². The first kappa shape index (κ1) is 19.9. The van der Waals surface area contributed by atoms with Gasteiger partial charge >= 0.3 is 0 Å². The molecule has 0 aromatic heterocycles. The molecule has 4 aromatic rings. The summed E-state index contributed by atoms with van der Waals surface area (Å²) in [5, 5.41) is 1.16. The summed E-state index contributed by atoms with van der Waals surface area (Å²) in [5.74, 6) is 5.19. The van der Waals surface area contributed by atoms with E-state index in [0.29, 0.717) is 59.2 Å². The van der Waals surface area contributed by atoms with Gasteiger partial charge < -0.3 is 0 Å². The highest BCUT2D eigenvalue weighted by Gasteiger charge is 2.68. The standard InChI is InChI=1S/C36H27Cl/c37-27-17-26-32-28-18-9-1-5-13-22(18)30(23-14-6-2-10-19(23)28)35(32)34(27)36-31-24-15-7-3-11-20(24)29(33(26)36)21-12-4-8-16-25(21)31/h1-17,26,28-36H/t26?,28?,29?,30?,31?,32-,33-,34?,35-,36+/m0/s1. The van der Waals surface area contributed by atoms with Gasteiger partial charge in [0.15, 0.2) is 0 Å². The van der Waals surface area contributed by atoms with Crippen molar-refractivity contribution in [2.75, 3.05) is 0 Å². The van der Waals surface area contributed by atoms with E-state index < -0.39 is 0 Å². The van der Waals surface area contributed by atoms with Gasteiger partial charge in [-0.05, 0) is 74.1 Å². The average molecular weight is 495 g/mol. The van der Waals surface area contributed by atoms with E-state index in [4.69, 9.17) is 11.6 Å². The second-order valence-corrected chi connectivity index (χ2v) is 12.8. The van der Waals surface area contributed by atoms with Gasteiger partial charge in [-0.15, -0.1) is 0 Å². The summed E-state index contributed by atoms with van der Waals surface area (Å²) in [5.41, 5.74) is 12.6. The van der Waals surface area contributed by atoms with Gasteiger partial charge in [-0.3, -0.25) is 0 Å². The maximum Gasteiger partial charge on any atom is 0.0181 e. The summed E-state index contributed by atoms with van der Waals surface area (Å²) in [6, 6.07) is 37.5. The number of hydrogen-bond donors (Lipinski definition) is 0. The maximum absolute atomic E-state index is 7.40. The van der Waals surface area contributed by atoms with Gasteiger partial charge in [0.25, 0.3) is 0 Å². The fourth-order valence-corrected chi connectivity index (χ4v) is 11.2. The van der Waals surface area contributed by atoms with Crippen molar-refractivity contribution in [3.05, 3.63) is 153 Å². The maximum atomic E-state index is 7.40. The Morgan fingerprint density at radius 2 is 0.649 bits per heavy atom. The molecule has 13 rings (SSSR count). The smallest absolute Gasteiger partial charge is 0.0181 e. The number of halogens is 1. The molecule has 0 amide bonds. The monoisotopic (exact) mass is 494 g/mol. The van der Waals surface area contributed by atoms with Crippen LogP contribution in [0.3, 0.4) is 0 Å². The van der Waals surface area contributed by atoms with Crippen molar-refractivity contribution >= 4 is 11.6 Å². The minimum absolute atomic E-state index is 0.421. The van der Waals surface area contributed by atoms with Crippen LogP contribution in [-0.4, -0.2) is 0 Å². The molecule has 6 bridgehead atoms. The highest BCUT2D eigenvalue weighted by Crippen LogP contribution is 2.76. The zero-order valence-electron chi connectivity index (χ0n) is 20.5. The van der Waals surface area contributed by atoms with Crippen LogP contribution in [0.2, 0.25) is 0 Å². The second kappa shape index (κ2) is 6.66. The molecule has 178 valence electrons. The third-order valence-corrected chi connectivity index (χ3v) is 11.9. The molecule has 6 atom stereocenters. The van der Waals surface area contributed by atoms with Gasteiger partial charge in [0.05, 0.1) is 0 Å². The summed E-state index contributed by atoms with van der Waals surface area (Å²) in [6.45, 7) is 0. The summed E-state index contributed by atoms with van der Waals surface area (Å²) in [7, 11) is 0. The Kier molecular flexibility index (Phi) is 3.59. The van der Waals surface area contributed by atoms with Crippen LogP contribution in [0.4, 0.5) is 0 Å². The molecule has 0 N–H and O–H groups in total. The Morgan fingerprint density at radius 1 is 0.378 bits per heavy atom. The first-order valence-corrected chi connectivity index (χ1v) is 14.4. The van der Waals surface area contributed by atoms with E-state index >= 15 is 0 Å². The lowest BCUT2D eigenvalue weighted by atomic mass is 9.35. The number of benzene rings is 4. The molecule has 1 fully saturated rings. The van der Waals surface area contributed by atoms with E-state index in [1.165, 1.54) is 0 Å². The lowest BCUT2D eigenvalue weighted by Crippen LogP contribution is -2.61. The summed E-state index contributed by atoms with van der Waals surface area (Å²) < 4.78 is 0. The van der Waals surface area contributed by atoms with Crippen LogP contribution in [0.25, 0.3) is 0 Å². The van der Waals surface area contributed by atoms with Crippen molar-refractivity contribution in [1.82, 2.24) is 0 Å². The van der Waals surface area contributed by atoms with E-state index in [2.05, 4.69) is 103 Å². The van der Waals surface area contributed by atoms with Gasteiger partial charge in [0.1, 0.15) is 0 Å². The lowest BCUT2D eigenvalue weighted by Gasteiger charge is -2.68. The van der Waals surface area contributed by atoms with Crippen molar-refractivity contribution in [3.63, 3.8) is 0 Å². The molecule has 37 heavy (non-hydrogen) atoms. The SMILES string of the molecule is ClC1=CC2[C@H]3C4c5ccccc5C(c5ccccc54)[C@@H]3C1[C@@H]1C3c4ccccc4C(c4ccccc43)[C@H]21. The van der Waals surface area contributed by atoms with Gasteiger partial charge in [-0.1, -0.05) is 115 Å². The minimum Gasteiger partial charge on any atom is -0.0892 e. The third kappa shape index (κ3) is 2.15. The zero-order valence-corrected chi connectivity index (χ0v) is 21.2. The molecular formula is C36H27Cl. The zero-order chi connectivity index (χ0) is 24.0. The Morgan fingerprint density at radius 3 is 0.946 bits per heavy atom. The van der Waals surface area contributed by atoms with Crippen LogP contribution in [0.15, 0.2) is 108 Å². The van der Waals surface area contributed by atoms with E-state index in [-0.39, 0.29) is 0 Å². The number of rotatable bonds is 0. The van der Waals surface area contributed by atoms with Crippen molar-refractivity contribution in [2.24, 2.45) is 35.5 Å². The average Bonchev–Trinajstić information content (AvgIpc) is 2.96. The highest BCUT2D eigenvalue weighted by atomic mass is 35.5. The Balaban J connectivity index is 1.26. The normalized spacial score (nSPS) is 38.0. The van der Waals surface area contributed by atoms with E-state index in [1.807, 2.05) is 0 Å². The summed E-state index contributed by atoms with van der Waals surface area (Å²) in [4.78, 5) is 0. The van der Waals surface area contributed by atoms with E-state index in [1.54, 1.807) is 44.5 Å². The fraction of sp³-hybridized carbons (Fsp3) is 0.278. The predicted molar refractivity (Wildman–Crippen MR) is 148 cm³/mol. The van der Waals surface area contributed by atoms with Crippen LogP contribution in [0.5, 0.6) is 0 Å². The molecule has 0 heterocycles. The topological polar surface area (TPSA) is 0 Å². The van der Waals surface area contributed by atoms with Crippen LogP contribution < -0.4 is 0 Å². The molecule has 0 aliphatic heterocycles. The first-order valence-electron chi connectivity index (χ1n) is 14.1. The minimum atomic E-state index is 0.421. The third-order valence-electron chi connectivity index (χ3n) is 11.5. The molecule has 1 saturated carbocycles. The van der Waals surface area contributed by atoms with Crippen LogP contribution >= 0.6 is 11.6 Å². The molecule has 9 aliphatic rings. The van der Waals surface area contributed by atoms with Crippen LogP contribution in [-0.2, 0) is 0 Å². The molecule has 0 radical (unpaired) electrons. The van der Waals surface area contributed by atoms with E-state index in [0.717, 1.165) is 5.03 Å². The number of hydrogen-bond acceptors (Lipinski definition) is 0. The second-order valence-electron chi connectivity index (χ2n) is 12.4. The first-order chi connectivity index (χ1) is 18.3. The molecule has 2 unspecified atom stereocenters. The fourth-order valence-electron chi connectivity index (χ4n) is 10.8. The van der Waals surface area contributed by atoms with Crippen molar-refractivity contribution in [2.45, 2.75) is 23.7 Å². The Labute approximate surface area is 223 Å². The quantitative estimate of drug-likeness (QED) is 0.230. The van der Waals surface area contributed by atoms with Gasteiger partial charge in [0.2, 0.25) is 0 Å². The molecule has 9 aliphatic carbocycles. The Hall–Kier alpha value is -3.09. The summed E-state index contributed by atoms with van der Waals surface area (Å²) in [6.07, 6.45) is 2.55. The van der Waals surface area contributed by atoms with Crippen molar-refractivity contribution in [3.8, 4) is 0 Å². The van der Waals surface area contributed by atoms with Gasteiger partial charge in [-0.25, -0.2) is 0 Å². The molecule has 1 heteroatoms. The highest BCUT2D eigenvalue weighted by molar-refractivity contribution is 6.30.